The first-order chi connectivity index (χ1) is 16.8. The van der Waals surface area contributed by atoms with Crippen LogP contribution < -0.4 is 15.0 Å². The maximum atomic E-state index is 13.1. The van der Waals surface area contributed by atoms with Crippen molar-refractivity contribution in [3.05, 3.63) is 89.5 Å². The van der Waals surface area contributed by atoms with Crippen LogP contribution in [0.4, 0.5) is 29.3 Å². The molecule has 0 spiro atoms. The van der Waals surface area contributed by atoms with Crippen molar-refractivity contribution < 1.29 is 27.5 Å². The van der Waals surface area contributed by atoms with Crippen molar-refractivity contribution in [1.82, 2.24) is 4.90 Å². The van der Waals surface area contributed by atoms with Gasteiger partial charge < -0.3 is 15.0 Å². The van der Waals surface area contributed by atoms with Crippen LogP contribution in [0.2, 0.25) is 0 Å². The van der Waals surface area contributed by atoms with Crippen LogP contribution in [0.5, 0.6) is 5.75 Å². The summed E-state index contributed by atoms with van der Waals surface area (Å²) in [5, 5.41) is 2.66. The maximum Gasteiger partial charge on any atom is 0.416 e. The molecule has 1 aliphatic heterocycles. The molecule has 0 aromatic heterocycles. The summed E-state index contributed by atoms with van der Waals surface area (Å²) in [4.78, 5) is 29.0. The Hall–Kier alpha value is -4.01. The first-order valence-electron chi connectivity index (χ1n) is 11.0. The van der Waals surface area contributed by atoms with Crippen molar-refractivity contribution in [2.24, 2.45) is 0 Å². The van der Waals surface area contributed by atoms with Gasteiger partial charge in [0.15, 0.2) is 0 Å². The zero-order valence-corrected chi connectivity index (χ0v) is 19.0. The van der Waals surface area contributed by atoms with Crippen LogP contribution in [0.3, 0.4) is 0 Å². The lowest BCUT2D eigenvalue weighted by Gasteiger charge is -2.36. The normalized spacial score (nSPS) is 14.1. The molecule has 3 aromatic rings. The van der Waals surface area contributed by atoms with E-state index in [0.29, 0.717) is 31.0 Å². The van der Waals surface area contributed by atoms with Gasteiger partial charge in [-0.05, 0) is 61.0 Å². The minimum Gasteiger partial charge on any atom is -0.496 e. The van der Waals surface area contributed by atoms with E-state index in [4.69, 9.17) is 4.74 Å². The molecular formula is C26H24F3N3O3. The van der Waals surface area contributed by atoms with Gasteiger partial charge in [-0.3, -0.25) is 9.69 Å². The van der Waals surface area contributed by atoms with Gasteiger partial charge in [0.1, 0.15) is 5.75 Å². The average molecular weight is 483 g/mol. The summed E-state index contributed by atoms with van der Waals surface area (Å²) in [5.74, 6) is 0.203. The molecule has 0 atom stereocenters. The Bertz CT molecular complexity index is 1190. The lowest BCUT2D eigenvalue weighted by molar-refractivity contribution is -0.137. The molecule has 0 bridgehead atoms. The summed E-state index contributed by atoms with van der Waals surface area (Å²) < 4.78 is 43.5. The van der Waals surface area contributed by atoms with Crippen LogP contribution in [0.1, 0.15) is 27.9 Å². The van der Waals surface area contributed by atoms with Crippen LogP contribution in [0.25, 0.3) is 0 Å². The van der Waals surface area contributed by atoms with Gasteiger partial charge in [-0.2, -0.15) is 13.2 Å². The molecule has 182 valence electrons. The highest BCUT2D eigenvalue weighted by Crippen LogP contribution is 2.29. The molecule has 1 heterocycles. The average Bonchev–Trinajstić information content (AvgIpc) is 2.86. The zero-order chi connectivity index (χ0) is 25.0. The molecule has 1 aliphatic rings. The van der Waals surface area contributed by atoms with E-state index in [9.17, 15) is 22.8 Å². The van der Waals surface area contributed by atoms with Crippen molar-refractivity contribution in [1.29, 1.82) is 0 Å². The number of carbonyl (C=O) groups is 2. The number of anilines is 2. The molecule has 0 aliphatic carbocycles. The van der Waals surface area contributed by atoms with E-state index in [1.165, 1.54) is 0 Å². The first-order valence-corrected chi connectivity index (χ1v) is 11.0. The number of hydrogen-bond donors (Lipinski definition) is 1. The molecule has 0 unspecified atom stereocenters. The summed E-state index contributed by atoms with van der Waals surface area (Å²) in [6.45, 7) is 1.63. The molecule has 1 N–H and O–H groups in total. The monoisotopic (exact) mass is 483 g/mol. The molecule has 9 heteroatoms. The Labute approximate surface area is 200 Å². The van der Waals surface area contributed by atoms with E-state index in [-0.39, 0.29) is 11.6 Å². The predicted octanol–water partition coefficient (Wildman–Crippen LogP) is 5.80. The molecule has 0 saturated carbocycles. The molecular weight excluding hydrogens is 459 g/mol. The van der Waals surface area contributed by atoms with Crippen LogP contribution >= 0.6 is 0 Å². The fourth-order valence-electron chi connectivity index (χ4n) is 3.95. The molecule has 1 saturated heterocycles. The van der Waals surface area contributed by atoms with Crippen LogP contribution in [0.15, 0.2) is 72.8 Å². The number of para-hydroxylation sites is 1. The molecule has 4 rings (SSSR count). The summed E-state index contributed by atoms with van der Waals surface area (Å²) in [6.07, 6.45) is -3.66. The second kappa shape index (κ2) is 10.1. The second-order valence-electron chi connectivity index (χ2n) is 8.10. The molecule has 0 radical (unpaired) electrons. The van der Waals surface area contributed by atoms with Gasteiger partial charge in [0.05, 0.1) is 19.2 Å². The van der Waals surface area contributed by atoms with E-state index in [1.807, 2.05) is 24.3 Å². The van der Waals surface area contributed by atoms with Crippen LogP contribution in [0, 0.1) is 0 Å². The molecule has 35 heavy (non-hydrogen) atoms. The highest BCUT2D eigenvalue weighted by molar-refractivity contribution is 6.04. The van der Waals surface area contributed by atoms with Crippen molar-refractivity contribution in [2.75, 3.05) is 30.4 Å². The molecule has 6 nitrogen and oxygen atoms in total. The minimum atomic E-state index is -4.46. The number of carbonyl (C=O) groups excluding carboxylic acids is 2. The van der Waals surface area contributed by atoms with Gasteiger partial charge in [0, 0.05) is 35.6 Å². The summed E-state index contributed by atoms with van der Waals surface area (Å²) >= 11 is 0. The number of urea groups is 1. The Morgan fingerprint density at radius 1 is 0.971 bits per heavy atom. The highest BCUT2D eigenvalue weighted by Gasteiger charge is 2.30. The first kappa shape index (κ1) is 24.1. The van der Waals surface area contributed by atoms with Gasteiger partial charge >= 0.3 is 12.2 Å². The summed E-state index contributed by atoms with van der Waals surface area (Å²) in [7, 11) is 1.60. The number of alkyl halides is 3. The quantitative estimate of drug-likeness (QED) is 0.482. The number of nitrogens with zero attached hydrogens (tertiary/aromatic N) is 2. The lowest BCUT2D eigenvalue weighted by Crippen LogP contribution is -2.49. The van der Waals surface area contributed by atoms with Gasteiger partial charge in [-0.15, -0.1) is 0 Å². The number of nitrogens with one attached hydrogen (secondary N) is 1. The maximum absolute atomic E-state index is 13.1. The van der Waals surface area contributed by atoms with Gasteiger partial charge in [0.25, 0.3) is 5.91 Å². The van der Waals surface area contributed by atoms with Gasteiger partial charge in [-0.25, -0.2) is 4.79 Å². The molecule has 3 aromatic carbocycles. The number of benzene rings is 3. The third kappa shape index (κ3) is 5.56. The van der Waals surface area contributed by atoms with Gasteiger partial charge in [-0.1, -0.05) is 18.2 Å². The topological polar surface area (TPSA) is 61.9 Å². The molecule has 1 fully saturated rings. The number of ether oxygens (including phenoxy) is 1. The Morgan fingerprint density at radius 3 is 2.31 bits per heavy atom. The zero-order valence-electron chi connectivity index (χ0n) is 19.0. The minimum absolute atomic E-state index is 0.111. The number of hydrogen-bond acceptors (Lipinski definition) is 3. The Kier molecular flexibility index (Phi) is 6.95. The SMILES string of the molecule is COc1ccccc1CN1CCCN(c2ccc(NC(=O)c3ccc(C(F)(F)F)cc3)cc2)C1=O. The third-order valence-electron chi connectivity index (χ3n) is 5.78. The number of methoxy groups -OCH3 is 1. The summed E-state index contributed by atoms with van der Waals surface area (Å²) in [5.41, 5.74) is 1.37. The van der Waals surface area contributed by atoms with Crippen LogP contribution in [-0.4, -0.2) is 37.0 Å². The van der Waals surface area contributed by atoms with E-state index in [1.54, 1.807) is 41.2 Å². The van der Waals surface area contributed by atoms with Gasteiger partial charge in [0.2, 0.25) is 0 Å². The van der Waals surface area contributed by atoms with E-state index < -0.39 is 17.6 Å². The van der Waals surface area contributed by atoms with Crippen molar-refractivity contribution in [3.63, 3.8) is 0 Å². The highest BCUT2D eigenvalue weighted by atomic mass is 19.4. The number of halogens is 3. The van der Waals surface area contributed by atoms with E-state index in [0.717, 1.165) is 42.0 Å². The fourth-order valence-corrected chi connectivity index (χ4v) is 3.95. The Morgan fingerprint density at radius 2 is 1.66 bits per heavy atom. The van der Waals surface area contributed by atoms with Crippen molar-refractivity contribution in [2.45, 2.75) is 19.1 Å². The van der Waals surface area contributed by atoms with Crippen LogP contribution in [-0.2, 0) is 12.7 Å². The second-order valence-corrected chi connectivity index (χ2v) is 8.10. The molecule has 3 amide bonds. The van der Waals surface area contributed by atoms with E-state index in [2.05, 4.69) is 5.32 Å². The van der Waals surface area contributed by atoms with E-state index >= 15 is 0 Å². The number of rotatable bonds is 6. The van der Waals surface area contributed by atoms with Crippen molar-refractivity contribution in [3.8, 4) is 5.75 Å². The summed E-state index contributed by atoms with van der Waals surface area (Å²) in [6, 6.07) is 18.2. The number of amides is 3. The predicted molar refractivity (Wildman–Crippen MR) is 127 cm³/mol. The largest absolute Gasteiger partial charge is 0.496 e. The van der Waals surface area contributed by atoms with Crippen molar-refractivity contribution >= 4 is 23.3 Å². The fraction of sp³-hybridized carbons (Fsp3) is 0.231. The Balaban J connectivity index is 1.41. The lowest BCUT2D eigenvalue weighted by atomic mass is 10.1. The standard InChI is InChI=1S/C26H24F3N3O3/c1-35-23-6-3-2-5-19(23)17-31-15-4-16-32(25(31)34)22-13-11-21(12-14-22)30-24(33)18-7-9-20(10-8-18)26(27,28)29/h2-3,5-14H,4,15-17H2,1H3,(H,30,33). The smallest absolute Gasteiger partial charge is 0.416 e. The third-order valence-corrected chi connectivity index (χ3v) is 5.78.